The van der Waals surface area contributed by atoms with E-state index in [4.69, 9.17) is 23.1 Å². The molecule has 0 aromatic heterocycles. The van der Waals surface area contributed by atoms with Gasteiger partial charge in [-0.25, -0.2) is 0 Å². The molecule has 0 amide bonds. The highest BCUT2D eigenvalue weighted by Crippen LogP contribution is 2.36. The van der Waals surface area contributed by atoms with Crippen molar-refractivity contribution in [2.24, 2.45) is 0 Å². The van der Waals surface area contributed by atoms with E-state index in [1.807, 2.05) is 12.1 Å². The van der Waals surface area contributed by atoms with E-state index >= 15 is 0 Å². The fraction of sp³-hybridized carbons (Fsp3) is 0.739. The van der Waals surface area contributed by atoms with Crippen molar-refractivity contribution in [1.82, 2.24) is 10.0 Å². The van der Waals surface area contributed by atoms with Gasteiger partial charge in [-0.05, 0) is 48.9 Å². The minimum absolute atomic E-state index is 0.00232. The molecule has 3 rings (SSSR count). The third-order valence-corrected chi connectivity index (χ3v) is 7.13. The van der Waals surface area contributed by atoms with Crippen LogP contribution in [0.3, 0.4) is 0 Å². The first-order chi connectivity index (χ1) is 16.0. The maximum atomic E-state index is 12.0. The summed E-state index contributed by atoms with van der Waals surface area (Å²) >= 11 is 0. The summed E-state index contributed by atoms with van der Waals surface area (Å²) in [7, 11) is -0.430. The zero-order valence-electron chi connectivity index (χ0n) is 19.8. The molecule has 1 unspecified atom stereocenters. The highest BCUT2D eigenvalue weighted by atomic mass is 32.2. The molecule has 0 saturated heterocycles. The van der Waals surface area contributed by atoms with Crippen LogP contribution in [0.25, 0.3) is 0 Å². The van der Waals surface area contributed by atoms with E-state index in [-0.39, 0.29) is 18.8 Å². The van der Waals surface area contributed by atoms with Crippen molar-refractivity contribution < 1.29 is 31.5 Å². The Labute approximate surface area is 197 Å². The molecule has 1 aliphatic carbocycles. The van der Waals surface area contributed by atoms with Gasteiger partial charge >= 0.3 is 10.3 Å². The molecule has 1 aromatic rings. The van der Waals surface area contributed by atoms with Gasteiger partial charge in [-0.2, -0.15) is 13.1 Å². The lowest BCUT2D eigenvalue weighted by Crippen LogP contribution is -2.38. The maximum Gasteiger partial charge on any atom is 0.336 e. The second kappa shape index (κ2) is 13.5. The second-order valence-corrected chi connectivity index (χ2v) is 9.80. The summed E-state index contributed by atoms with van der Waals surface area (Å²) in [5.74, 6) is 1.40. The molecular weight excluding hydrogens is 448 g/mol. The van der Waals surface area contributed by atoms with Crippen molar-refractivity contribution in [2.75, 3.05) is 53.7 Å². The molecule has 10 heteroatoms. The van der Waals surface area contributed by atoms with E-state index in [0.717, 1.165) is 49.8 Å². The molecule has 2 N–H and O–H groups in total. The molecule has 1 atom stereocenters. The molecule has 2 aliphatic rings. The average molecular weight is 487 g/mol. The molecule has 9 nitrogen and oxygen atoms in total. The molecule has 1 aromatic carbocycles. The lowest BCUT2D eigenvalue weighted by atomic mass is 9.96. The standard InChI is InChI=1S/C23H38N2O7S/c1-28-21-15-18-7-6-12-31-23(20(18)16-22(21)29-2)17-30-13-10-24-11-14-32-33(26,27)25-19-8-4-3-5-9-19/h15-16,19,23-25H,3-14,17H2,1-2H3. The van der Waals surface area contributed by atoms with Gasteiger partial charge < -0.3 is 24.3 Å². The summed E-state index contributed by atoms with van der Waals surface area (Å²) < 4.78 is 54.4. The zero-order valence-corrected chi connectivity index (χ0v) is 20.6. The second-order valence-electron chi connectivity index (χ2n) is 8.42. The Balaban J connectivity index is 1.34. The van der Waals surface area contributed by atoms with Crippen LogP contribution in [-0.4, -0.2) is 68.2 Å². The minimum atomic E-state index is -3.69. The van der Waals surface area contributed by atoms with Crippen LogP contribution in [-0.2, 0) is 30.4 Å². The molecule has 0 spiro atoms. The van der Waals surface area contributed by atoms with Gasteiger partial charge in [0.1, 0.15) is 6.10 Å². The molecule has 33 heavy (non-hydrogen) atoms. The third-order valence-electron chi connectivity index (χ3n) is 6.03. The molecule has 1 heterocycles. The van der Waals surface area contributed by atoms with E-state index in [9.17, 15) is 8.42 Å². The molecule has 1 aliphatic heterocycles. The monoisotopic (exact) mass is 486 g/mol. The highest BCUT2D eigenvalue weighted by molar-refractivity contribution is 7.84. The number of methoxy groups -OCH3 is 2. The van der Waals surface area contributed by atoms with Crippen molar-refractivity contribution in [3.05, 3.63) is 23.3 Å². The van der Waals surface area contributed by atoms with Gasteiger partial charge in [0.15, 0.2) is 11.5 Å². The van der Waals surface area contributed by atoms with Gasteiger partial charge in [0, 0.05) is 25.7 Å². The largest absolute Gasteiger partial charge is 0.493 e. The van der Waals surface area contributed by atoms with Gasteiger partial charge in [-0.15, -0.1) is 0 Å². The summed E-state index contributed by atoms with van der Waals surface area (Å²) in [4.78, 5) is 0. The van der Waals surface area contributed by atoms with E-state index in [1.165, 1.54) is 12.0 Å². The molecule has 1 saturated carbocycles. The van der Waals surface area contributed by atoms with Crippen LogP contribution in [0.15, 0.2) is 12.1 Å². The summed E-state index contributed by atoms with van der Waals surface area (Å²) in [6.07, 6.45) is 6.77. The first-order valence-electron chi connectivity index (χ1n) is 11.8. The van der Waals surface area contributed by atoms with Gasteiger partial charge in [-0.3, -0.25) is 4.18 Å². The van der Waals surface area contributed by atoms with E-state index in [2.05, 4.69) is 10.0 Å². The minimum Gasteiger partial charge on any atom is -0.493 e. The van der Waals surface area contributed by atoms with Gasteiger partial charge in [0.25, 0.3) is 0 Å². The molecule has 188 valence electrons. The first kappa shape index (κ1) is 26.2. The number of nitrogens with one attached hydrogen (secondary N) is 2. The van der Waals surface area contributed by atoms with Crippen molar-refractivity contribution in [1.29, 1.82) is 0 Å². The van der Waals surface area contributed by atoms with Crippen LogP contribution in [0.2, 0.25) is 0 Å². The smallest absolute Gasteiger partial charge is 0.336 e. The van der Waals surface area contributed by atoms with E-state index in [0.29, 0.717) is 38.7 Å². The summed E-state index contributed by atoms with van der Waals surface area (Å²) in [6, 6.07) is 4.00. The Kier molecular flexibility index (Phi) is 10.7. The topological polar surface area (TPSA) is 104 Å². The first-order valence-corrected chi connectivity index (χ1v) is 13.2. The lowest BCUT2D eigenvalue weighted by Gasteiger charge is -2.22. The number of rotatable bonds is 13. The zero-order chi connectivity index (χ0) is 23.5. The van der Waals surface area contributed by atoms with E-state index < -0.39 is 10.3 Å². The average Bonchev–Trinajstić information content (AvgIpc) is 3.01. The van der Waals surface area contributed by atoms with Gasteiger partial charge in [0.2, 0.25) is 0 Å². The predicted molar refractivity (Wildman–Crippen MR) is 125 cm³/mol. The highest BCUT2D eigenvalue weighted by Gasteiger charge is 2.23. The van der Waals surface area contributed by atoms with Crippen LogP contribution in [0.5, 0.6) is 11.5 Å². The van der Waals surface area contributed by atoms with Crippen LogP contribution in [0.4, 0.5) is 0 Å². The maximum absolute atomic E-state index is 12.0. The Hall–Kier alpha value is -1.43. The number of fused-ring (bicyclic) bond motifs is 1. The van der Waals surface area contributed by atoms with Crippen LogP contribution in [0.1, 0.15) is 55.8 Å². The van der Waals surface area contributed by atoms with Gasteiger partial charge in [-0.1, -0.05) is 19.3 Å². The summed E-state index contributed by atoms with van der Waals surface area (Å²) in [5.41, 5.74) is 2.26. The lowest BCUT2D eigenvalue weighted by molar-refractivity contribution is -0.0149. The van der Waals surface area contributed by atoms with Crippen LogP contribution in [0, 0.1) is 0 Å². The van der Waals surface area contributed by atoms with Crippen LogP contribution < -0.4 is 19.5 Å². The van der Waals surface area contributed by atoms with Gasteiger partial charge in [0.05, 0.1) is 34.0 Å². The Morgan fingerprint density at radius 1 is 1.00 bits per heavy atom. The molecule has 0 bridgehead atoms. The van der Waals surface area contributed by atoms with Crippen LogP contribution >= 0.6 is 0 Å². The number of hydrogen-bond donors (Lipinski definition) is 2. The Bertz CT molecular complexity index is 828. The fourth-order valence-electron chi connectivity index (χ4n) is 4.31. The molecular formula is C23H38N2O7S. The van der Waals surface area contributed by atoms with Crippen molar-refractivity contribution in [3.8, 4) is 11.5 Å². The number of ether oxygens (including phenoxy) is 4. The van der Waals surface area contributed by atoms with E-state index in [1.54, 1.807) is 14.2 Å². The Morgan fingerprint density at radius 3 is 2.48 bits per heavy atom. The fourth-order valence-corrected chi connectivity index (χ4v) is 5.33. The van der Waals surface area contributed by atoms with Crippen molar-refractivity contribution >= 4 is 10.3 Å². The van der Waals surface area contributed by atoms with Crippen molar-refractivity contribution in [2.45, 2.75) is 57.1 Å². The number of hydrogen-bond acceptors (Lipinski definition) is 8. The predicted octanol–water partition coefficient (Wildman–Crippen LogP) is 2.50. The summed E-state index contributed by atoms with van der Waals surface area (Å²) in [5, 5.41) is 3.14. The third kappa shape index (κ3) is 8.38. The number of benzene rings is 1. The quantitative estimate of drug-likeness (QED) is 0.410. The molecule has 1 fully saturated rings. The number of aryl methyl sites for hydroxylation is 1. The Morgan fingerprint density at radius 2 is 1.73 bits per heavy atom. The molecule has 0 radical (unpaired) electrons. The summed E-state index contributed by atoms with van der Waals surface area (Å²) in [6.45, 7) is 2.69. The normalized spacial score (nSPS) is 19.6. The van der Waals surface area contributed by atoms with Crippen molar-refractivity contribution in [3.63, 3.8) is 0 Å². The SMILES string of the molecule is COc1cc2c(cc1OC)C(COCCNCCOS(=O)(=O)NC1CCCCC1)OCCC2.